The normalized spacial score (nSPS) is 21.5. The summed E-state index contributed by atoms with van der Waals surface area (Å²) in [5, 5.41) is 16.4. The lowest BCUT2D eigenvalue weighted by molar-refractivity contribution is -0.139. The van der Waals surface area contributed by atoms with Gasteiger partial charge in [0.15, 0.2) is 0 Å². The van der Waals surface area contributed by atoms with E-state index in [-0.39, 0.29) is 24.8 Å². The number of anilines is 1. The highest BCUT2D eigenvalue weighted by atomic mass is 32.1. The molecule has 7 nitrogen and oxygen atoms in total. The molecule has 170 valence electrons. The van der Waals surface area contributed by atoms with E-state index in [1.165, 1.54) is 4.90 Å². The number of rotatable bonds is 5. The van der Waals surface area contributed by atoms with Crippen LogP contribution in [0.3, 0.4) is 0 Å². The van der Waals surface area contributed by atoms with E-state index in [9.17, 15) is 14.7 Å². The largest absolute Gasteiger partial charge is 0.391 e. The Kier molecular flexibility index (Phi) is 5.86. The Morgan fingerprint density at radius 3 is 2.73 bits per heavy atom. The van der Waals surface area contributed by atoms with Gasteiger partial charge in [0, 0.05) is 31.6 Å². The van der Waals surface area contributed by atoms with Crippen LogP contribution in [0, 0.1) is 6.92 Å². The fraction of sp³-hybridized carbons (Fsp3) is 0.320. The number of nitrogens with one attached hydrogen (secondary N) is 2. The molecule has 3 heterocycles. The molecule has 0 aliphatic carbocycles. The molecule has 0 radical (unpaired) electrons. The number of fused-ring (bicyclic) bond motifs is 1. The van der Waals surface area contributed by atoms with Gasteiger partial charge in [-0.3, -0.25) is 9.59 Å². The number of hydrogen-bond acceptors (Lipinski definition) is 6. The summed E-state index contributed by atoms with van der Waals surface area (Å²) < 4.78 is 0. The SMILES string of the molecule is Cc1ncsc1-c1ccc(CNC(=O)C2C[C@@H](O)CN2C(=O)C2Cc3ccccc3N2)cc1. The lowest BCUT2D eigenvalue weighted by Gasteiger charge is -2.26. The summed E-state index contributed by atoms with van der Waals surface area (Å²) in [5.41, 5.74) is 6.96. The molecule has 3 atom stereocenters. The Balaban J connectivity index is 1.21. The summed E-state index contributed by atoms with van der Waals surface area (Å²) in [7, 11) is 0. The third kappa shape index (κ3) is 4.36. The van der Waals surface area contributed by atoms with Gasteiger partial charge in [-0.15, -0.1) is 11.3 Å². The smallest absolute Gasteiger partial charge is 0.246 e. The number of aliphatic hydroxyl groups is 1. The third-order valence-electron chi connectivity index (χ3n) is 6.36. The molecule has 0 bridgehead atoms. The number of thiazole rings is 1. The minimum atomic E-state index is -0.699. The lowest BCUT2D eigenvalue weighted by Crippen LogP contribution is -2.50. The van der Waals surface area contributed by atoms with Crippen LogP contribution < -0.4 is 10.6 Å². The van der Waals surface area contributed by atoms with E-state index < -0.39 is 18.2 Å². The molecule has 1 saturated heterocycles. The number of aryl methyl sites for hydroxylation is 1. The highest BCUT2D eigenvalue weighted by Crippen LogP contribution is 2.29. The zero-order valence-corrected chi connectivity index (χ0v) is 19.1. The molecule has 2 amide bonds. The van der Waals surface area contributed by atoms with Crippen LogP contribution in [0.5, 0.6) is 0 Å². The zero-order chi connectivity index (χ0) is 22.9. The second-order valence-electron chi connectivity index (χ2n) is 8.64. The van der Waals surface area contributed by atoms with Crippen molar-refractivity contribution in [3.63, 3.8) is 0 Å². The predicted octanol–water partition coefficient (Wildman–Crippen LogP) is 2.73. The molecule has 2 aliphatic heterocycles. The fourth-order valence-electron chi connectivity index (χ4n) is 4.61. The van der Waals surface area contributed by atoms with Gasteiger partial charge < -0.3 is 20.6 Å². The van der Waals surface area contributed by atoms with Crippen LogP contribution >= 0.6 is 11.3 Å². The molecule has 2 unspecified atom stereocenters. The number of benzene rings is 2. The van der Waals surface area contributed by atoms with Gasteiger partial charge in [0.1, 0.15) is 12.1 Å². The van der Waals surface area contributed by atoms with E-state index in [2.05, 4.69) is 15.6 Å². The number of carbonyl (C=O) groups excluding carboxylic acids is 2. The van der Waals surface area contributed by atoms with Crippen LogP contribution in [-0.4, -0.2) is 51.5 Å². The minimum Gasteiger partial charge on any atom is -0.391 e. The summed E-state index contributed by atoms with van der Waals surface area (Å²) >= 11 is 1.61. The number of amides is 2. The number of aliphatic hydroxyl groups excluding tert-OH is 1. The third-order valence-corrected chi connectivity index (χ3v) is 7.34. The number of likely N-dealkylation sites (tertiary alicyclic amines) is 1. The van der Waals surface area contributed by atoms with Crippen LogP contribution in [0.2, 0.25) is 0 Å². The number of aromatic nitrogens is 1. The van der Waals surface area contributed by atoms with E-state index >= 15 is 0 Å². The van der Waals surface area contributed by atoms with Gasteiger partial charge in [0.05, 0.1) is 22.2 Å². The van der Waals surface area contributed by atoms with Gasteiger partial charge in [0.2, 0.25) is 11.8 Å². The summed E-state index contributed by atoms with van der Waals surface area (Å²) in [6.45, 7) is 2.53. The Morgan fingerprint density at radius 2 is 2.00 bits per heavy atom. The predicted molar refractivity (Wildman–Crippen MR) is 128 cm³/mol. The second kappa shape index (κ2) is 8.96. The van der Waals surface area contributed by atoms with E-state index in [0.29, 0.717) is 13.0 Å². The molecule has 1 fully saturated rings. The second-order valence-corrected chi connectivity index (χ2v) is 9.49. The molecule has 2 aliphatic rings. The molecular weight excluding hydrogens is 436 g/mol. The highest BCUT2D eigenvalue weighted by molar-refractivity contribution is 7.13. The first-order valence-corrected chi connectivity index (χ1v) is 12.0. The number of nitrogens with zero attached hydrogens (tertiary/aromatic N) is 2. The first-order valence-electron chi connectivity index (χ1n) is 11.1. The van der Waals surface area contributed by atoms with E-state index in [1.54, 1.807) is 11.3 Å². The summed E-state index contributed by atoms with van der Waals surface area (Å²) in [6, 6.07) is 14.8. The minimum absolute atomic E-state index is 0.146. The first kappa shape index (κ1) is 21.6. The maximum absolute atomic E-state index is 13.2. The highest BCUT2D eigenvalue weighted by Gasteiger charge is 2.42. The molecule has 8 heteroatoms. The standard InChI is InChI=1S/C25H26N4O3S/c1-15-23(33-14-27-15)17-8-6-16(7-9-17)12-26-24(31)22-11-19(30)13-29(22)25(32)21-10-18-4-2-3-5-20(18)28-21/h2-9,14,19,21-22,28,30H,10-13H2,1H3,(H,26,31)/t19-,21?,22?/m1/s1. The van der Waals surface area contributed by atoms with E-state index in [1.807, 2.05) is 61.0 Å². The van der Waals surface area contributed by atoms with E-state index in [0.717, 1.165) is 32.9 Å². The topological polar surface area (TPSA) is 94.6 Å². The summed E-state index contributed by atoms with van der Waals surface area (Å²) in [6.07, 6.45) is 0.137. The Hall–Kier alpha value is -3.23. The Labute approximate surface area is 196 Å². The molecule has 0 saturated carbocycles. The van der Waals surface area contributed by atoms with Crippen LogP contribution in [0.4, 0.5) is 5.69 Å². The van der Waals surface area contributed by atoms with Gasteiger partial charge in [-0.2, -0.15) is 0 Å². The number of β-amino-alcohol motifs (C(OH)–C–C–N with tert-alkyl or cyclic N) is 1. The average molecular weight is 463 g/mol. The Bertz CT molecular complexity index is 1150. The van der Waals surface area contributed by atoms with E-state index in [4.69, 9.17) is 0 Å². The molecule has 33 heavy (non-hydrogen) atoms. The van der Waals surface area contributed by atoms with Crippen molar-refractivity contribution in [2.24, 2.45) is 0 Å². The van der Waals surface area contributed by atoms with Crippen LogP contribution in [0.25, 0.3) is 10.4 Å². The maximum atomic E-state index is 13.2. The van der Waals surface area contributed by atoms with Crippen LogP contribution in [-0.2, 0) is 22.6 Å². The van der Waals surface area contributed by atoms with Crippen molar-refractivity contribution in [1.29, 1.82) is 0 Å². The number of hydrogen-bond donors (Lipinski definition) is 3. The molecule has 5 rings (SSSR count). The quantitative estimate of drug-likeness (QED) is 0.542. The fourth-order valence-corrected chi connectivity index (χ4v) is 5.42. The molecule has 0 spiro atoms. The lowest BCUT2D eigenvalue weighted by atomic mass is 10.1. The molecule has 3 aromatic rings. The van der Waals surface area contributed by atoms with Crippen molar-refractivity contribution in [3.8, 4) is 10.4 Å². The molecule has 2 aromatic carbocycles. The molecule has 3 N–H and O–H groups in total. The van der Waals surface area contributed by atoms with Crippen molar-refractivity contribution in [1.82, 2.24) is 15.2 Å². The van der Waals surface area contributed by atoms with Crippen LogP contribution in [0.1, 0.15) is 23.2 Å². The van der Waals surface area contributed by atoms with Gasteiger partial charge in [-0.05, 0) is 29.7 Å². The van der Waals surface area contributed by atoms with Gasteiger partial charge in [0.25, 0.3) is 0 Å². The van der Waals surface area contributed by atoms with Crippen LogP contribution in [0.15, 0.2) is 54.0 Å². The molecule has 1 aromatic heterocycles. The monoisotopic (exact) mass is 462 g/mol. The zero-order valence-electron chi connectivity index (χ0n) is 18.3. The average Bonchev–Trinajstić information content (AvgIpc) is 3.55. The van der Waals surface area contributed by atoms with Gasteiger partial charge in [-0.1, -0.05) is 42.5 Å². The summed E-state index contributed by atoms with van der Waals surface area (Å²) in [5.74, 6) is -0.384. The van der Waals surface area contributed by atoms with Crippen molar-refractivity contribution < 1.29 is 14.7 Å². The van der Waals surface area contributed by atoms with Crippen molar-refractivity contribution in [2.75, 3.05) is 11.9 Å². The van der Waals surface area contributed by atoms with Gasteiger partial charge in [-0.25, -0.2) is 4.98 Å². The van der Waals surface area contributed by atoms with Crippen molar-refractivity contribution >= 4 is 28.8 Å². The Morgan fingerprint density at radius 1 is 1.21 bits per heavy atom. The van der Waals surface area contributed by atoms with Crippen molar-refractivity contribution in [2.45, 2.75) is 44.5 Å². The number of para-hydroxylation sites is 1. The van der Waals surface area contributed by atoms with Gasteiger partial charge >= 0.3 is 0 Å². The molecular formula is C25H26N4O3S. The maximum Gasteiger partial charge on any atom is 0.246 e. The first-order chi connectivity index (χ1) is 16.0. The summed E-state index contributed by atoms with van der Waals surface area (Å²) in [4.78, 5) is 33.1. The van der Waals surface area contributed by atoms with Crippen molar-refractivity contribution in [3.05, 3.63) is 70.9 Å². The number of carbonyl (C=O) groups is 2.